The Balaban J connectivity index is -0.000000343. The standard InChI is InChI=1S/C9H13.3C6H11O.Zr/c1-9(2,3)8-6-4-5-7-8;3*1-4-5-6(2,3)7;/h4,6H,5H2,1-3H3;3*4H,1,5H2,2-3H3;/q;3*-1;+3. The van der Waals surface area contributed by atoms with Gasteiger partial charge >= 0.3 is 78.3 Å². The molecule has 0 radical (unpaired) electrons. The van der Waals surface area contributed by atoms with Crippen molar-refractivity contribution >= 4 is 0 Å². The summed E-state index contributed by atoms with van der Waals surface area (Å²) in [4.78, 5) is 0. The second kappa shape index (κ2) is 16.1. The van der Waals surface area contributed by atoms with Crippen LogP contribution in [0.3, 0.4) is 0 Å². The Bertz CT molecular complexity index is 524. The van der Waals surface area contributed by atoms with Crippen LogP contribution in [0, 0.1) is 5.41 Å². The van der Waals surface area contributed by atoms with E-state index in [-0.39, 0.29) is 0 Å². The van der Waals surface area contributed by atoms with Crippen LogP contribution in [-0.4, -0.2) is 16.8 Å². The van der Waals surface area contributed by atoms with E-state index in [9.17, 15) is 15.3 Å². The Morgan fingerprint density at radius 1 is 0.742 bits per heavy atom. The summed E-state index contributed by atoms with van der Waals surface area (Å²) in [5.41, 5.74) is -0.525. The number of allylic oxidation sites excluding steroid dienone is 4. The van der Waals surface area contributed by atoms with Crippen LogP contribution in [0.25, 0.3) is 0 Å². The topological polar surface area (TPSA) is 69.2 Å². The predicted octanol–water partition coefficient (Wildman–Crippen LogP) is 4.90. The van der Waals surface area contributed by atoms with Crippen molar-refractivity contribution in [3.8, 4) is 0 Å². The summed E-state index contributed by atoms with van der Waals surface area (Å²) in [5, 5.41) is 31.9. The minimum absolute atomic E-state index is 0.367. The monoisotopic (exact) mass is 508 g/mol. The zero-order valence-electron chi connectivity index (χ0n) is 21.6. The van der Waals surface area contributed by atoms with Gasteiger partial charge in [-0.2, -0.15) is 0 Å². The average molecular weight is 510 g/mol. The molecule has 0 spiro atoms. The molecule has 0 aromatic carbocycles. The minimum atomic E-state index is -0.818. The summed E-state index contributed by atoms with van der Waals surface area (Å²) in [7, 11) is 0. The fourth-order valence-electron chi connectivity index (χ4n) is 2.25. The molecule has 0 unspecified atom stereocenters. The Hall–Kier alpha value is -0.537. The van der Waals surface area contributed by atoms with Gasteiger partial charge in [-0.1, -0.05) is 59.8 Å². The van der Waals surface area contributed by atoms with Crippen LogP contribution >= 0.6 is 0 Å². The van der Waals surface area contributed by atoms with Gasteiger partial charge in [-0.25, -0.2) is 0 Å². The van der Waals surface area contributed by atoms with Crippen molar-refractivity contribution in [3.05, 3.63) is 59.0 Å². The molecule has 0 atom stereocenters. The summed E-state index contributed by atoms with van der Waals surface area (Å²) >= 11 is 1.58. The normalized spacial score (nSPS) is 13.7. The molecule has 176 valence electrons. The second-order valence-electron chi connectivity index (χ2n) is 10.5. The molecule has 4 heteroatoms. The molecule has 0 fully saturated rings. The maximum atomic E-state index is 10.6. The van der Waals surface area contributed by atoms with E-state index in [1.807, 2.05) is 0 Å². The quantitative estimate of drug-likeness (QED) is 0.478. The van der Waals surface area contributed by atoms with Crippen molar-refractivity contribution < 1.29 is 40.0 Å². The van der Waals surface area contributed by atoms with Crippen LogP contribution in [0.1, 0.15) is 88.0 Å². The zero-order valence-corrected chi connectivity index (χ0v) is 24.0. The molecular weight excluding hydrogens is 464 g/mol. The van der Waals surface area contributed by atoms with Gasteiger partial charge in [0.15, 0.2) is 0 Å². The van der Waals surface area contributed by atoms with E-state index in [2.05, 4.69) is 52.7 Å². The van der Waals surface area contributed by atoms with E-state index >= 15 is 0 Å². The van der Waals surface area contributed by atoms with Crippen molar-refractivity contribution in [2.75, 3.05) is 0 Å². The van der Waals surface area contributed by atoms with Crippen LogP contribution < -0.4 is 15.3 Å². The van der Waals surface area contributed by atoms with Crippen LogP contribution in [0.4, 0.5) is 0 Å². The molecule has 1 rings (SSSR count). The van der Waals surface area contributed by atoms with Gasteiger partial charge in [0.25, 0.3) is 0 Å². The summed E-state index contributed by atoms with van der Waals surface area (Å²) < 4.78 is 1.62. The third-order valence-corrected chi connectivity index (χ3v) is 4.81. The van der Waals surface area contributed by atoms with Crippen molar-refractivity contribution in [3.63, 3.8) is 0 Å². The first-order chi connectivity index (χ1) is 13.7. The average Bonchev–Trinajstić information content (AvgIpc) is 2.91. The van der Waals surface area contributed by atoms with Gasteiger partial charge in [0.05, 0.1) is 0 Å². The van der Waals surface area contributed by atoms with Crippen molar-refractivity contribution in [2.24, 2.45) is 5.41 Å². The first-order valence-electron chi connectivity index (χ1n) is 10.8. The van der Waals surface area contributed by atoms with Gasteiger partial charge in [0, 0.05) is 0 Å². The summed E-state index contributed by atoms with van der Waals surface area (Å²) in [6.07, 6.45) is 12.3. The molecule has 0 saturated carbocycles. The van der Waals surface area contributed by atoms with E-state index in [1.54, 1.807) is 93.3 Å². The molecule has 0 heterocycles. The Morgan fingerprint density at radius 3 is 1.10 bits per heavy atom. The van der Waals surface area contributed by atoms with Gasteiger partial charge < -0.3 is 15.3 Å². The molecule has 0 bridgehead atoms. The number of rotatable bonds is 6. The second-order valence-corrected chi connectivity index (χ2v) is 12.0. The Morgan fingerprint density at radius 2 is 1.03 bits per heavy atom. The summed E-state index contributed by atoms with van der Waals surface area (Å²) in [6.45, 7) is 27.1. The molecular formula is C27H46O3Zr. The molecule has 31 heavy (non-hydrogen) atoms. The van der Waals surface area contributed by atoms with E-state index in [0.717, 1.165) is 0 Å². The molecule has 0 aliphatic heterocycles. The van der Waals surface area contributed by atoms with Gasteiger partial charge in [-0.05, 0) is 19.3 Å². The molecule has 0 aromatic heterocycles. The van der Waals surface area contributed by atoms with Gasteiger partial charge in [0.1, 0.15) is 0 Å². The van der Waals surface area contributed by atoms with E-state index in [4.69, 9.17) is 0 Å². The van der Waals surface area contributed by atoms with Crippen LogP contribution in [-0.2, 0) is 24.7 Å². The number of hydrogen-bond donors (Lipinski definition) is 0. The Kier molecular flexibility index (Phi) is 18.2. The van der Waals surface area contributed by atoms with Crippen molar-refractivity contribution in [1.29, 1.82) is 0 Å². The molecule has 1 aliphatic carbocycles. The van der Waals surface area contributed by atoms with E-state index in [0.29, 0.717) is 24.7 Å². The molecule has 0 N–H and O–H groups in total. The summed E-state index contributed by atoms with van der Waals surface area (Å²) in [6, 6.07) is 0. The molecule has 1 aliphatic rings. The molecule has 0 aromatic rings. The fourth-order valence-corrected chi connectivity index (χ4v) is 3.67. The first kappa shape index (κ1) is 35.1. The maximum absolute atomic E-state index is 10.6. The molecule has 3 nitrogen and oxygen atoms in total. The number of hydrogen-bond acceptors (Lipinski definition) is 3. The van der Waals surface area contributed by atoms with Crippen molar-refractivity contribution in [2.45, 2.75) is 105 Å². The van der Waals surface area contributed by atoms with Gasteiger partial charge in [-0.15, -0.1) is 36.5 Å². The zero-order chi connectivity index (χ0) is 25.5. The SMILES string of the molecule is C=CCC(C)(C)[O-].C=CCC(C)(C)[O-].C=CCC(C)(C)[O-].CC(C)(C)C1=[C]([Zr+3])CC=C1. The van der Waals surface area contributed by atoms with Crippen LogP contribution in [0.15, 0.2) is 59.0 Å². The van der Waals surface area contributed by atoms with Crippen LogP contribution in [0.5, 0.6) is 0 Å². The van der Waals surface area contributed by atoms with Crippen LogP contribution in [0.2, 0.25) is 0 Å². The van der Waals surface area contributed by atoms with Crippen molar-refractivity contribution in [1.82, 2.24) is 0 Å². The van der Waals surface area contributed by atoms with E-state index in [1.165, 1.54) is 6.42 Å². The first-order valence-corrected chi connectivity index (χ1v) is 12.0. The Labute approximate surface area is 208 Å². The summed E-state index contributed by atoms with van der Waals surface area (Å²) in [5.74, 6) is 0. The fraction of sp³-hybridized carbons (Fsp3) is 0.630. The molecule has 0 amide bonds. The van der Waals surface area contributed by atoms with E-state index < -0.39 is 16.8 Å². The van der Waals surface area contributed by atoms with Gasteiger partial charge in [-0.3, -0.25) is 0 Å². The predicted molar refractivity (Wildman–Crippen MR) is 127 cm³/mol. The van der Waals surface area contributed by atoms with Gasteiger partial charge in [0.2, 0.25) is 0 Å². The molecule has 0 saturated heterocycles. The third-order valence-electron chi connectivity index (χ3n) is 3.65. The third kappa shape index (κ3) is 29.5.